The first-order valence-electron chi connectivity index (χ1n) is 11.4. The van der Waals surface area contributed by atoms with Gasteiger partial charge in [-0.15, -0.1) is 0 Å². The Labute approximate surface area is 196 Å². The van der Waals surface area contributed by atoms with Crippen molar-refractivity contribution < 1.29 is 14.3 Å². The second-order valence-corrected chi connectivity index (χ2v) is 8.65. The first-order valence-corrected chi connectivity index (χ1v) is 11.4. The molecule has 0 bridgehead atoms. The molecule has 1 aliphatic rings. The topological polar surface area (TPSA) is 64.8 Å². The van der Waals surface area contributed by atoms with E-state index in [0.717, 1.165) is 37.1 Å². The van der Waals surface area contributed by atoms with Gasteiger partial charge in [0.05, 0.1) is 14.2 Å². The van der Waals surface area contributed by atoms with Gasteiger partial charge in [-0.05, 0) is 60.6 Å². The van der Waals surface area contributed by atoms with Crippen LogP contribution in [-0.2, 0) is 17.6 Å². The van der Waals surface area contributed by atoms with Crippen LogP contribution in [0.15, 0.2) is 66.7 Å². The Balaban J connectivity index is 1.76. The minimum Gasteiger partial charge on any atom is -0.493 e. The van der Waals surface area contributed by atoms with Gasteiger partial charge in [-0.25, -0.2) is 0 Å². The van der Waals surface area contributed by atoms with Crippen molar-refractivity contribution in [2.24, 2.45) is 5.73 Å². The minimum absolute atomic E-state index is 0.0202. The number of nitrogens with zero attached hydrogens (tertiary/aromatic N) is 1. The molecule has 0 aromatic heterocycles. The maximum Gasteiger partial charge on any atom is 0.239 e. The zero-order valence-electron chi connectivity index (χ0n) is 19.6. The molecule has 33 heavy (non-hydrogen) atoms. The molecule has 2 atom stereocenters. The summed E-state index contributed by atoms with van der Waals surface area (Å²) >= 11 is 0. The van der Waals surface area contributed by atoms with Crippen LogP contribution in [0.2, 0.25) is 0 Å². The standard InChI is InChI=1S/C28H32N2O3/c1-19-8-7-9-20(16-19)12-13-24-23-18-26(33-3)25(32-2)17-22(23)14-15-30(24)27(28(29)31)21-10-5-4-6-11-21/h4-11,16-18,24,27H,12-15H2,1-3H3,(H2,29,31)/t24-,27?/m0/s1. The number of amides is 1. The number of primary amides is 1. The second-order valence-electron chi connectivity index (χ2n) is 8.65. The highest BCUT2D eigenvalue weighted by atomic mass is 16.5. The lowest BCUT2D eigenvalue weighted by atomic mass is 9.86. The predicted molar refractivity (Wildman–Crippen MR) is 131 cm³/mol. The van der Waals surface area contributed by atoms with Crippen LogP contribution in [0.1, 0.15) is 46.3 Å². The molecule has 0 aliphatic carbocycles. The second kappa shape index (κ2) is 10.1. The summed E-state index contributed by atoms with van der Waals surface area (Å²) < 4.78 is 11.2. The van der Waals surface area contributed by atoms with Crippen molar-refractivity contribution in [1.82, 2.24) is 4.90 Å². The SMILES string of the molecule is COc1cc2c(cc1OC)[C@H](CCc1cccc(C)c1)N(C(C(N)=O)c1ccccc1)CC2. The highest BCUT2D eigenvalue weighted by Gasteiger charge is 2.36. The number of methoxy groups -OCH3 is 2. The van der Waals surface area contributed by atoms with Crippen LogP contribution in [0.3, 0.4) is 0 Å². The number of carbonyl (C=O) groups excluding carboxylic acids is 1. The average Bonchev–Trinajstić information content (AvgIpc) is 2.83. The molecule has 4 rings (SSSR count). The molecule has 0 fully saturated rings. The van der Waals surface area contributed by atoms with Crippen molar-refractivity contribution in [3.05, 3.63) is 94.5 Å². The number of aryl methyl sites for hydroxylation is 2. The fourth-order valence-corrected chi connectivity index (χ4v) is 5.00. The van der Waals surface area contributed by atoms with Crippen LogP contribution in [0.25, 0.3) is 0 Å². The maximum absolute atomic E-state index is 12.7. The molecule has 2 N–H and O–H groups in total. The van der Waals surface area contributed by atoms with Crippen molar-refractivity contribution in [2.45, 2.75) is 38.3 Å². The van der Waals surface area contributed by atoms with Crippen LogP contribution in [0.4, 0.5) is 0 Å². The van der Waals surface area contributed by atoms with Gasteiger partial charge in [0, 0.05) is 12.6 Å². The number of fused-ring (bicyclic) bond motifs is 1. The minimum atomic E-state index is -0.491. The van der Waals surface area contributed by atoms with Crippen molar-refractivity contribution >= 4 is 5.91 Å². The number of hydrogen-bond acceptors (Lipinski definition) is 4. The van der Waals surface area contributed by atoms with Crippen LogP contribution in [-0.4, -0.2) is 31.6 Å². The molecule has 1 amide bonds. The highest BCUT2D eigenvalue weighted by molar-refractivity contribution is 5.81. The molecular formula is C28H32N2O3. The smallest absolute Gasteiger partial charge is 0.239 e. The summed E-state index contributed by atoms with van der Waals surface area (Å²) in [6.07, 6.45) is 2.58. The Bertz CT molecular complexity index is 1110. The van der Waals surface area contributed by atoms with E-state index < -0.39 is 6.04 Å². The van der Waals surface area contributed by atoms with E-state index in [0.29, 0.717) is 5.75 Å². The Morgan fingerprint density at radius 2 is 1.76 bits per heavy atom. The molecule has 0 saturated carbocycles. The third-order valence-electron chi connectivity index (χ3n) is 6.55. The van der Waals surface area contributed by atoms with Gasteiger partial charge in [0.2, 0.25) is 5.91 Å². The molecule has 0 radical (unpaired) electrons. The van der Waals surface area contributed by atoms with Gasteiger partial charge in [0.15, 0.2) is 11.5 Å². The molecular weight excluding hydrogens is 412 g/mol. The quantitative estimate of drug-likeness (QED) is 0.544. The predicted octanol–water partition coefficient (Wildman–Crippen LogP) is 4.77. The summed E-state index contributed by atoms with van der Waals surface area (Å²) in [4.78, 5) is 15.0. The first kappa shape index (κ1) is 22.9. The third-order valence-corrected chi connectivity index (χ3v) is 6.55. The van der Waals surface area contributed by atoms with E-state index in [2.05, 4.69) is 48.2 Å². The Kier molecular flexibility index (Phi) is 6.99. The Morgan fingerprint density at radius 3 is 2.42 bits per heavy atom. The largest absolute Gasteiger partial charge is 0.493 e. The summed E-state index contributed by atoms with van der Waals surface area (Å²) in [6, 6.07) is 22.1. The molecule has 3 aromatic carbocycles. The summed E-state index contributed by atoms with van der Waals surface area (Å²) in [5, 5.41) is 0. The van der Waals surface area contributed by atoms with Gasteiger partial charge in [-0.1, -0.05) is 60.2 Å². The van der Waals surface area contributed by atoms with Gasteiger partial charge in [-0.3, -0.25) is 9.69 Å². The molecule has 1 heterocycles. The highest BCUT2D eigenvalue weighted by Crippen LogP contribution is 2.43. The van der Waals surface area contributed by atoms with Gasteiger partial charge >= 0.3 is 0 Å². The zero-order chi connectivity index (χ0) is 23.4. The van der Waals surface area contributed by atoms with Crippen LogP contribution in [0.5, 0.6) is 11.5 Å². The van der Waals surface area contributed by atoms with Crippen molar-refractivity contribution in [3.63, 3.8) is 0 Å². The van der Waals surface area contributed by atoms with Crippen molar-refractivity contribution in [3.8, 4) is 11.5 Å². The lowest BCUT2D eigenvalue weighted by Crippen LogP contribution is -2.44. The van der Waals surface area contributed by atoms with Gasteiger partial charge in [0.1, 0.15) is 6.04 Å². The zero-order valence-corrected chi connectivity index (χ0v) is 19.6. The van der Waals surface area contributed by atoms with E-state index in [1.807, 2.05) is 30.3 Å². The van der Waals surface area contributed by atoms with Crippen LogP contribution < -0.4 is 15.2 Å². The molecule has 3 aromatic rings. The van der Waals surface area contributed by atoms with E-state index in [-0.39, 0.29) is 11.9 Å². The molecule has 172 valence electrons. The lowest BCUT2D eigenvalue weighted by Gasteiger charge is -2.41. The van der Waals surface area contributed by atoms with E-state index >= 15 is 0 Å². The number of ether oxygens (including phenoxy) is 2. The first-order chi connectivity index (χ1) is 16.0. The van der Waals surface area contributed by atoms with Gasteiger partial charge < -0.3 is 15.2 Å². The lowest BCUT2D eigenvalue weighted by molar-refractivity contribution is -0.124. The molecule has 5 nitrogen and oxygen atoms in total. The molecule has 0 spiro atoms. The number of nitrogens with two attached hydrogens (primary N) is 1. The summed E-state index contributed by atoms with van der Waals surface area (Å²) in [7, 11) is 3.32. The van der Waals surface area contributed by atoms with Crippen molar-refractivity contribution in [1.29, 1.82) is 0 Å². The summed E-state index contributed by atoms with van der Waals surface area (Å²) in [5.74, 6) is 1.11. The Hall–Kier alpha value is -3.31. The summed E-state index contributed by atoms with van der Waals surface area (Å²) in [6.45, 7) is 2.85. The maximum atomic E-state index is 12.7. The fourth-order valence-electron chi connectivity index (χ4n) is 5.00. The number of hydrogen-bond donors (Lipinski definition) is 1. The van der Waals surface area contributed by atoms with Crippen molar-refractivity contribution in [2.75, 3.05) is 20.8 Å². The molecule has 5 heteroatoms. The monoisotopic (exact) mass is 444 g/mol. The van der Waals surface area contributed by atoms with Gasteiger partial charge in [-0.2, -0.15) is 0 Å². The molecule has 1 unspecified atom stereocenters. The number of benzene rings is 3. The van der Waals surface area contributed by atoms with Gasteiger partial charge in [0.25, 0.3) is 0 Å². The van der Waals surface area contributed by atoms with E-state index in [1.54, 1.807) is 14.2 Å². The average molecular weight is 445 g/mol. The van der Waals surface area contributed by atoms with Crippen LogP contribution in [0, 0.1) is 6.92 Å². The van der Waals surface area contributed by atoms with E-state index in [4.69, 9.17) is 15.2 Å². The molecule has 1 aliphatic heterocycles. The number of rotatable bonds is 8. The summed E-state index contributed by atoms with van der Waals surface area (Å²) in [5.41, 5.74) is 11.9. The van der Waals surface area contributed by atoms with E-state index in [1.165, 1.54) is 22.3 Å². The number of carbonyl (C=O) groups is 1. The Morgan fingerprint density at radius 1 is 1.03 bits per heavy atom. The van der Waals surface area contributed by atoms with E-state index in [9.17, 15) is 4.79 Å². The molecule has 0 saturated heterocycles. The normalized spacial score (nSPS) is 16.6. The fraction of sp³-hybridized carbons (Fsp3) is 0.321. The third kappa shape index (κ3) is 4.88. The van der Waals surface area contributed by atoms with Crippen LogP contribution >= 0.6 is 0 Å².